The van der Waals surface area contributed by atoms with Gasteiger partial charge in [0.2, 0.25) is 17.7 Å². The lowest BCUT2D eigenvalue weighted by atomic mass is 10.0. The van der Waals surface area contributed by atoms with E-state index in [-0.39, 0.29) is 24.5 Å². The minimum Gasteiger partial charge on any atom is -0.481 e. The van der Waals surface area contributed by atoms with E-state index in [0.29, 0.717) is 5.69 Å². The van der Waals surface area contributed by atoms with Crippen LogP contribution in [0.2, 0.25) is 0 Å². The molecule has 33 heavy (non-hydrogen) atoms. The second kappa shape index (κ2) is 13.4. The van der Waals surface area contributed by atoms with Crippen molar-refractivity contribution in [2.75, 3.05) is 5.75 Å². The predicted octanol–water partition coefficient (Wildman–Crippen LogP) is -1.73. The smallest absolute Gasteiger partial charge is 0.326 e. The summed E-state index contributed by atoms with van der Waals surface area (Å²) in [5.74, 6) is -5.41. The highest BCUT2D eigenvalue weighted by Crippen LogP contribution is 2.06. The molecule has 4 atom stereocenters. The maximum atomic E-state index is 12.6. The first kappa shape index (κ1) is 27.9. The maximum Gasteiger partial charge on any atom is 0.326 e. The Balaban J connectivity index is 2.82. The molecular formula is C19H30N6O7S. The van der Waals surface area contributed by atoms with Crippen molar-refractivity contribution in [3.05, 3.63) is 18.2 Å². The van der Waals surface area contributed by atoms with Crippen molar-refractivity contribution in [2.45, 2.75) is 57.3 Å². The van der Waals surface area contributed by atoms with Gasteiger partial charge >= 0.3 is 11.9 Å². The number of aromatic amines is 1. The molecule has 0 aliphatic heterocycles. The molecule has 1 rings (SSSR count). The molecule has 1 aromatic heterocycles. The average Bonchev–Trinajstić information content (AvgIpc) is 3.22. The summed E-state index contributed by atoms with van der Waals surface area (Å²) in [4.78, 5) is 66.7. The molecule has 13 nitrogen and oxygen atoms in total. The van der Waals surface area contributed by atoms with Crippen LogP contribution in [0.1, 0.15) is 32.4 Å². The molecule has 1 aromatic rings. The molecule has 0 aromatic carbocycles. The van der Waals surface area contributed by atoms with Gasteiger partial charge in [0.15, 0.2) is 0 Å². The van der Waals surface area contributed by atoms with Crippen molar-refractivity contribution in [1.82, 2.24) is 25.9 Å². The third-order valence-electron chi connectivity index (χ3n) is 4.48. The highest BCUT2D eigenvalue weighted by molar-refractivity contribution is 7.80. The number of carboxylic acid groups (broad SMARTS) is 2. The number of hydrogen-bond donors (Lipinski definition) is 8. The van der Waals surface area contributed by atoms with Crippen molar-refractivity contribution < 1.29 is 34.2 Å². The molecule has 0 bridgehead atoms. The SMILES string of the molecule is CC(C)CC(NC(=O)C(CC(=O)O)NC(=O)C(CS)NC(=O)C(N)Cc1cnc[nH]1)C(=O)O. The molecule has 0 radical (unpaired) electrons. The summed E-state index contributed by atoms with van der Waals surface area (Å²) in [5, 5.41) is 25.3. The van der Waals surface area contributed by atoms with Crippen LogP contribution in [-0.4, -0.2) is 79.8 Å². The first-order valence-electron chi connectivity index (χ1n) is 10.1. The van der Waals surface area contributed by atoms with E-state index in [1.165, 1.54) is 12.5 Å². The van der Waals surface area contributed by atoms with Crippen LogP contribution in [0.5, 0.6) is 0 Å². The molecule has 4 unspecified atom stereocenters. The fraction of sp³-hybridized carbons (Fsp3) is 0.579. The van der Waals surface area contributed by atoms with Crippen molar-refractivity contribution in [3.63, 3.8) is 0 Å². The molecule has 0 saturated carbocycles. The lowest BCUT2D eigenvalue weighted by Gasteiger charge is -2.24. The molecule has 0 aliphatic carbocycles. The maximum absolute atomic E-state index is 12.6. The highest BCUT2D eigenvalue weighted by atomic mass is 32.1. The molecule has 0 fully saturated rings. The van der Waals surface area contributed by atoms with Crippen LogP contribution in [0.4, 0.5) is 0 Å². The Morgan fingerprint density at radius 3 is 2.09 bits per heavy atom. The molecule has 1 heterocycles. The zero-order chi connectivity index (χ0) is 25.1. The number of aromatic nitrogens is 2. The molecule has 184 valence electrons. The number of rotatable bonds is 14. The standard InChI is InChI=1S/C19H30N6O7S/c1-9(2)3-13(19(31)32)24-17(29)12(5-15(26)27)23-18(30)14(7-33)25-16(28)11(20)4-10-6-21-8-22-10/h6,8-9,11-14,33H,3-5,7,20H2,1-2H3,(H,21,22)(H,23,30)(H,24,29)(H,25,28)(H,26,27)(H,31,32). The Bertz CT molecular complexity index is 833. The average molecular weight is 487 g/mol. The number of H-pyrrole nitrogens is 1. The fourth-order valence-corrected chi connectivity index (χ4v) is 3.08. The Morgan fingerprint density at radius 2 is 1.61 bits per heavy atom. The number of thiol groups is 1. The van der Waals surface area contributed by atoms with Gasteiger partial charge in [-0.2, -0.15) is 12.6 Å². The van der Waals surface area contributed by atoms with Gasteiger partial charge in [0.25, 0.3) is 0 Å². The second-order valence-electron chi connectivity index (χ2n) is 7.82. The van der Waals surface area contributed by atoms with E-state index in [1.54, 1.807) is 13.8 Å². The van der Waals surface area contributed by atoms with Gasteiger partial charge in [-0.15, -0.1) is 0 Å². The summed E-state index contributed by atoms with van der Waals surface area (Å²) < 4.78 is 0. The molecule has 0 spiro atoms. The summed E-state index contributed by atoms with van der Waals surface area (Å²) in [6, 6.07) is -5.05. The lowest BCUT2D eigenvalue weighted by molar-refractivity contribution is -0.144. The number of nitrogens with one attached hydrogen (secondary N) is 4. The van der Waals surface area contributed by atoms with Crippen LogP contribution in [0, 0.1) is 5.92 Å². The molecular weight excluding hydrogens is 456 g/mol. The van der Waals surface area contributed by atoms with E-state index < -0.39 is 60.2 Å². The predicted molar refractivity (Wildman–Crippen MR) is 119 cm³/mol. The topological polar surface area (TPSA) is 217 Å². The van der Waals surface area contributed by atoms with Crippen LogP contribution in [-0.2, 0) is 30.4 Å². The van der Waals surface area contributed by atoms with Gasteiger partial charge in [-0.05, 0) is 12.3 Å². The number of nitrogens with zero attached hydrogens (tertiary/aromatic N) is 1. The van der Waals surface area contributed by atoms with Gasteiger partial charge in [0.05, 0.1) is 18.8 Å². The van der Waals surface area contributed by atoms with E-state index >= 15 is 0 Å². The van der Waals surface area contributed by atoms with E-state index in [4.69, 9.17) is 10.8 Å². The molecule has 14 heteroatoms. The van der Waals surface area contributed by atoms with Crippen molar-refractivity contribution >= 4 is 42.3 Å². The Labute approximate surface area is 195 Å². The molecule has 0 saturated heterocycles. The minimum atomic E-state index is -1.57. The third kappa shape index (κ3) is 9.91. The fourth-order valence-electron chi connectivity index (χ4n) is 2.82. The summed E-state index contributed by atoms with van der Waals surface area (Å²) in [6.45, 7) is 3.52. The summed E-state index contributed by atoms with van der Waals surface area (Å²) in [7, 11) is 0. The van der Waals surface area contributed by atoms with Gasteiger partial charge in [-0.3, -0.25) is 19.2 Å². The number of carboxylic acids is 2. The first-order chi connectivity index (χ1) is 15.4. The Kier molecular flexibility index (Phi) is 11.4. The molecule has 0 aliphatic rings. The lowest BCUT2D eigenvalue weighted by Crippen LogP contribution is -2.58. The van der Waals surface area contributed by atoms with Crippen LogP contribution in [0.3, 0.4) is 0 Å². The normalized spacial score (nSPS) is 14.6. The summed E-state index contributed by atoms with van der Waals surface area (Å²) >= 11 is 4.02. The van der Waals surface area contributed by atoms with Crippen LogP contribution in [0.15, 0.2) is 12.5 Å². The van der Waals surface area contributed by atoms with Crippen molar-refractivity contribution in [1.29, 1.82) is 0 Å². The van der Waals surface area contributed by atoms with E-state index in [9.17, 15) is 29.1 Å². The van der Waals surface area contributed by atoms with Gasteiger partial charge < -0.3 is 36.9 Å². The van der Waals surface area contributed by atoms with Gasteiger partial charge in [0, 0.05) is 24.1 Å². The quantitative estimate of drug-likeness (QED) is 0.140. The number of aliphatic carboxylic acids is 2. The van der Waals surface area contributed by atoms with Gasteiger partial charge in [0.1, 0.15) is 18.1 Å². The largest absolute Gasteiger partial charge is 0.481 e. The second-order valence-corrected chi connectivity index (χ2v) is 8.18. The van der Waals surface area contributed by atoms with E-state index in [2.05, 4.69) is 38.5 Å². The number of carbonyl (C=O) groups excluding carboxylic acids is 3. The first-order valence-corrected chi connectivity index (χ1v) is 10.8. The van der Waals surface area contributed by atoms with Crippen LogP contribution in [0.25, 0.3) is 0 Å². The van der Waals surface area contributed by atoms with E-state index in [1.807, 2.05) is 0 Å². The van der Waals surface area contributed by atoms with Crippen LogP contribution >= 0.6 is 12.6 Å². The third-order valence-corrected chi connectivity index (χ3v) is 4.85. The van der Waals surface area contributed by atoms with Crippen LogP contribution < -0.4 is 21.7 Å². The van der Waals surface area contributed by atoms with Gasteiger partial charge in [-0.1, -0.05) is 13.8 Å². The van der Waals surface area contributed by atoms with Gasteiger partial charge in [-0.25, -0.2) is 9.78 Å². The van der Waals surface area contributed by atoms with Crippen molar-refractivity contribution in [2.24, 2.45) is 11.7 Å². The molecule has 3 amide bonds. The zero-order valence-electron chi connectivity index (χ0n) is 18.3. The van der Waals surface area contributed by atoms with E-state index in [0.717, 1.165) is 0 Å². The highest BCUT2D eigenvalue weighted by Gasteiger charge is 2.31. The number of nitrogens with two attached hydrogens (primary N) is 1. The minimum absolute atomic E-state index is 0.0614. The summed E-state index contributed by atoms with van der Waals surface area (Å²) in [5.41, 5.74) is 6.44. The summed E-state index contributed by atoms with van der Waals surface area (Å²) in [6.07, 6.45) is 2.36. The number of imidazole rings is 1. The number of hydrogen-bond acceptors (Lipinski definition) is 8. The number of carbonyl (C=O) groups is 5. The monoisotopic (exact) mass is 486 g/mol. The van der Waals surface area contributed by atoms with Crippen molar-refractivity contribution in [3.8, 4) is 0 Å². The Hall–Kier alpha value is -3.13. The zero-order valence-corrected chi connectivity index (χ0v) is 19.2. The number of amides is 3. The Morgan fingerprint density at radius 1 is 1.03 bits per heavy atom. The molecule has 8 N–H and O–H groups in total.